The van der Waals surface area contributed by atoms with Crippen LogP contribution in [0.5, 0.6) is 0 Å². The molecule has 19 heavy (non-hydrogen) atoms. The van der Waals surface area contributed by atoms with Crippen LogP contribution in [-0.2, 0) is 9.53 Å². The molecule has 6 heteroatoms. The summed E-state index contributed by atoms with van der Waals surface area (Å²) in [5, 5.41) is 14.1. The van der Waals surface area contributed by atoms with Gasteiger partial charge in [-0.05, 0) is 45.4 Å². The maximum Gasteiger partial charge on any atom is 0.326 e. The van der Waals surface area contributed by atoms with Crippen LogP contribution in [0.25, 0.3) is 0 Å². The predicted molar refractivity (Wildman–Crippen MR) is 71.0 cm³/mol. The number of carboxylic acids is 1. The van der Waals surface area contributed by atoms with Gasteiger partial charge in [0.05, 0.1) is 6.10 Å². The second kappa shape index (κ2) is 7.99. The first-order valence-corrected chi connectivity index (χ1v) is 6.89. The monoisotopic (exact) mass is 272 g/mol. The van der Waals surface area contributed by atoms with Gasteiger partial charge in [-0.1, -0.05) is 0 Å². The lowest BCUT2D eigenvalue weighted by atomic mass is 10.2. The number of hydrogen-bond donors (Lipinski definition) is 3. The molecule has 1 rings (SSSR count). The second-order valence-corrected chi connectivity index (χ2v) is 5.18. The molecule has 1 fully saturated rings. The van der Waals surface area contributed by atoms with Crippen LogP contribution >= 0.6 is 0 Å². The molecule has 0 aliphatic heterocycles. The van der Waals surface area contributed by atoms with Crippen LogP contribution < -0.4 is 10.6 Å². The molecule has 0 aromatic rings. The smallest absolute Gasteiger partial charge is 0.326 e. The van der Waals surface area contributed by atoms with Crippen molar-refractivity contribution in [3.05, 3.63) is 0 Å². The third-order valence-corrected chi connectivity index (χ3v) is 2.95. The lowest BCUT2D eigenvalue weighted by molar-refractivity contribution is -0.139. The Morgan fingerprint density at radius 2 is 2.00 bits per heavy atom. The van der Waals surface area contributed by atoms with Gasteiger partial charge in [-0.3, -0.25) is 0 Å². The lowest BCUT2D eigenvalue weighted by Gasteiger charge is -2.14. The zero-order chi connectivity index (χ0) is 14.3. The molecule has 1 unspecified atom stereocenters. The van der Waals surface area contributed by atoms with E-state index in [1.54, 1.807) is 0 Å². The summed E-state index contributed by atoms with van der Waals surface area (Å²) >= 11 is 0. The number of nitrogens with one attached hydrogen (secondary N) is 2. The van der Waals surface area contributed by atoms with Crippen LogP contribution in [0.2, 0.25) is 0 Å². The third-order valence-electron chi connectivity index (χ3n) is 2.95. The highest BCUT2D eigenvalue weighted by molar-refractivity contribution is 5.83. The summed E-state index contributed by atoms with van der Waals surface area (Å²) in [5.41, 5.74) is 0. The van der Waals surface area contributed by atoms with Crippen LogP contribution in [0.15, 0.2) is 0 Å². The summed E-state index contributed by atoms with van der Waals surface area (Å²) in [6, 6.07) is -1.15. The van der Waals surface area contributed by atoms with Crippen molar-refractivity contribution in [3.63, 3.8) is 0 Å². The van der Waals surface area contributed by atoms with Gasteiger partial charge in [0.1, 0.15) is 6.04 Å². The van der Waals surface area contributed by atoms with E-state index < -0.39 is 18.0 Å². The Morgan fingerprint density at radius 1 is 1.32 bits per heavy atom. The van der Waals surface area contributed by atoms with E-state index in [0.29, 0.717) is 13.2 Å². The number of carbonyl (C=O) groups is 2. The average molecular weight is 272 g/mol. The van der Waals surface area contributed by atoms with Gasteiger partial charge in [-0.15, -0.1) is 0 Å². The topological polar surface area (TPSA) is 87.7 Å². The molecule has 0 heterocycles. The van der Waals surface area contributed by atoms with Gasteiger partial charge in [0.15, 0.2) is 0 Å². The van der Waals surface area contributed by atoms with Gasteiger partial charge < -0.3 is 20.5 Å². The van der Waals surface area contributed by atoms with Gasteiger partial charge in [-0.2, -0.15) is 0 Å². The van der Waals surface area contributed by atoms with E-state index in [-0.39, 0.29) is 12.0 Å². The minimum Gasteiger partial charge on any atom is -0.480 e. The van der Waals surface area contributed by atoms with Crippen molar-refractivity contribution in [2.24, 2.45) is 5.92 Å². The second-order valence-electron chi connectivity index (χ2n) is 5.18. The van der Waals surface area contributed by atoms with E-state index in [2.05, 4.69) is 10.6 Å². The molecule has 0 aromatic carbocycles. The molecular weight excluding hydrogens is 248 g/mol. The van der Waals surface area contributed by atoms with Crippen molar-refractivity contribution in [2.45, 2.75) is 51.7 Å². The minimum absolute atomic E-state index is 0.0997. The summed E-state index contributed by atoms with van der Waals surface area (Å²) in [4.78, 5) is 22.5. The van der Waals surface area contributed by atoms with Crippen molar-refractivity contribution in [2.75, 3.05) is 13.2 Å². The maximum atomic E-state index is 11.5. The van der Waals surface area contributed by atoms with E-state index >= 15 is 0 Å². The standard InChI is InChI=1S/C13H24N2O4/c1-9(2)19-8-4-3-7-14-13(18)15-11(12(16)17)10-5-6-10/h9-11H,3-8H2,1-2H3,(H,16,17)(H2,14,15,18). The molecule has 3 N–H and O–H groups in total. The van der Waals surface area contributed by atoms with Crippen LogP contribution in [0.4, 0.5) is 4.79 Å². The minimum atomic E-state index is -0.956. The SMILES string of the molecule is CC(C)OCCCCNC(=O)NC(C(=O)O)C1CC1. The normalized spacial score (nSPS) is 16.2. The Kier molecular flexibility index (Phi) is 6.62. The molecule has 1 aliphatic carbocycles. The lowest BCUT2D eigenvalue weighted by Crippen LogP contribution is -2.47. The number of amides is 2. The molecule has 1 atom stereocenters. The van der Waals surface area contributed by atoms with Crippen LogP contribution in [0.3, 0.4) is 0 Å². The van der Waals surface area contributed by atoms with Crippen molar-refractivity contribution in [1.82, 2.24) is 10.6 Å². The Bertz CT molecular complexity index is 303. The molecule has 1 saturated carbocycles. The Labute approximate surface area is 113 Å². The number of carboxylic acid groups (broad SMARTS) is 1. The molecule has 6 nitrogen and oxygen atoms in total. The summed E-state index contributed by atoms with van der Waals surface area (Å²) in [5.74, 6) is -0.856. The predicted octanol–water partition coefficient (Wildman–Crippen LogP) is 1.35. The Balaban J connectivity index is 2.05. The van der Waals surface area contributed by atoms with Crippen molar-refractivity contribution in [3.8, 4) is 0 Å². The van der Waals surface area contributed by atoms with E-state index in [9.17, 15) is 9.59 Å². The van der Waals surface area contributed by atoms with Crippen LogP contribution in [0, 0.1) is 5.92 Å². The van der Waals surface area contributed by atoms with Crippen LogP contribution in [0.1, 0.15) is 39.5 Å². The molecule has 0 bridgehead atoms. The van der Waals surface area contributed by atoms with Gasteiger partial charge in [0.25, 0.3) is 0 Å². The van der Waals surface area contributed by atoms with Crippen LogP contribution in [-0.4, -0.2) is 42.4 Å². The summed E-state index contributed by atoms with van der Waals surface area (Å²) in [6.45, 7) is 5.18. The van der Waals surface area contributed by atoms with E-state index in [4.69, 9.17) is 9.84 Å². The highest BCUT2D eigenvalue weighted by Crippen LogP contribution is 2.32. The molecule has 0 radical (unpaired) electrons. The first kappa shape index (κ1) is 15.8. The fourth-order valence-electron chi connectivity index (χ4n) is 1.75. The van der Waals surface area contributed by atoms with E-state index in [0.717, 1.165) is 25.7 Å². The van der Waals surface area contributed by atoms with Gasteiger partial charge >= 0.3 is 12.0 Å². The molecule has 0 saturated heterocycles. The van der Waals surface area contributed by atoms with E-state index in [1.165, 1.54) is 0 Å². The summed E-state index contributed by atoms with van der Waals surface area (Å²) in [6.07, 6.45) is 3.68. The number of carbonyl (C=O) groups excluding carboxylic acids is 1. The summed E-state index contributed by atoms with van der Waals surface area (Å²) < 4.78 is 5.38. The van der Waals surface area contributed by atoms with Crippen molar-refractivity contribution in [1.29, 1.82) is 0 Å². The number of aliphatic carboxylic acids is 1. The zero-order valence-corrected chi connectivity index (χ0v) is 11.6. The molecular formula is C13H24N2O4. The van der Waals surface area contributed by atoms with Crippen molar-refractivity contribution >= 4 is 12.0 Å². The fraction of sp³-hybridized carbons (Fsp3) is 0.846. The van der Waals surface area contributed by atoms with Gasteiger partial charge in [0, 0.05) is 13.2 Å². The maximum absolute atomic E-state index is 11.5. The molecule has 2 amide bonds. The largest absolute Gasteiger partial charge is 0.480 e. The Morgan fingerprint density at radius 3 is 2.53 bits per heavy atom. The van der Waals surface area contributed by atoms with Gasteiger partial charge in [0.2, 0.25) is 0 Å². The molecule has 0 spiro atoms. The number of urea groups is 1. The number of ether oxygens (including phenoxy) is 1. The zero-order valence-electron chi connectivity index (χ0n) is 11.6. The molecule has 0 aromatic heterocycles. The first-order valence-electron chi connectivity index (χ1n) is 6.89. The quantitative estimate of drug-likeness (QED) is 0.553. The van der Waals surface area contributed by atoms with Crippen molar-refractivity contribution < 1.29 is 19.4 Å². The Hall–Kier alpha value is -1.30. The highest BCUT2D eigenvalue weighted by Gasteiger charge is 2.37. The average Bonchev–Trinajstić information content (AvgIpc) is 3.13. The fourth-order valence-corrected chi connectivity index (χ4v) is 1.75. The van der Waals surface area contributed by atoms with Gasteiger partial charge in [-0.25, -0.2) is 9.59 Å². The summed E-state index contributed by atoms with van der Waals surface area (Å²) in [7, 11) is 0. The number of rotatable bonds is 9. The number of hydrogen-bond acceptors (Lipinski definition) is 3. The first-order chi connectivity index (χ1) is 9.00. The number of unbranched alkanes of at least 4 members (excludes halogenated alkanes) is 1. The van der Waals surface area contributed by atoms with E-state index in [1.807, 2.05) is 13.8 Å². The highest BCUT2D eigenvalue weighted by atomic mass is 16.5. The molecule has 1 aliphatic rings. The molecule has 110 valence electrons. The third kappa shape index (κ3) is 7.00.